The summed E-state index contributed by atoms with van der Waals surface area (Å²) >= 11 is 0. The van der Waals surface area contributed by atoms with Gasteiger partial charge < -0.3 is 16.2 Å². The van der Waals surface area contributed by atoms with E-state index in [1.54, 1.807) is 0 Å². The number of nitrogens with zero attached hydrogens (tertiary/aromatic N) is 1. The van der Waals surface area contributed by atoms with E-state index >= 15 is 0 Å². The van der Waals surface area contributed by atoms with Crippen molar-refractivity contribution >= 4 is 11.6 Å². The second-order valence-corrected chi connectivity index (χ2v) is 6.50. The normalized spacial score (nSPS) is 14.4. The van der Waals surface area contributed by atoms with Crippen molar-refractivity contribution in [2.24, 2.45) is 10.7 Å². The lowest BCUT2D eigenvalue weighted by atomic mass is 9.95. The molecule has 2 aromatic carbocycles. The quantitative estimate of drug-likeness (QED) is 0.570. The van der Waals surface area contributed by atoms with Crippen molar-refractivity contribution in [2.45, 2.75) is 32.3 Å². The molecule has 0 aliphatic carbocycles. The zero-order valence-corrected chi connectivity index (χ0v) is 14.6. The summed E-state index contributed by atoms with van der Waals surface area (Å²) in [5.41, 5.74) is 6.14. The molecular formula is C19H23F2N3O. The van der Waals surface area contributed by atoms with Crippen LogP contribution in [0.3, 0.4) is 0 Å². The average Bonchev–Trinajstić information content (AvgIpc) is 2.53. The highest BCUT2D eigenvalue weighted by Crippen LogP contribution is 2.24. The first-order valence-electron chi connectivity index (χ1n) is 8.04. The van der Waals surface area contributed by atoms with Gasteiger partial charge in [-0.15, -0.1) is 0 Å². The topological polar surface area (TPSA) is 70.6 Å². The number of aliphatic hydroxyl groups is 1. The van der Waals surface area contributed by atoms with Crippen LogP contribution in [0, 0.1) is 11.6 Å². The van der Waals surface area contributed by atoms with Gasteiger partial charge >= 0.3 is 0 Å². The van der Waals surface area contributed by atoms with Crippen molar-refractivity contribution < 1.29 is 13.9 Å². The second-order valence-electron chi connectivity index (χ2n) is 6.50. The van der Waals surface area contributed by atoms with Crippen molar-refractivity contribution in [3.05, 3.63) is 65.2 Å². The zero-order valence-electron chi connectivity index (χ0n) is 14.6. The second kappa shape index (κ2) is 7.61. The van der Waals surface area contributed by atoms with E-state index in [2.05, 4.69) is 24.2 Å². The minimum atomic E-state index is -1.61. The standard InChI is InChI=1S/C19H23F2N3O/c1-12(2)13-5-4-6-15(9-13)24-18(22)23-11-19(3,25)16-8-7-14(20)10-17(16)21/h4-10,12,25H,11H2,1-3H3,(H3,22,23,24). The Morgan fingerprint density at radius 3 is 2.60 bits per heavy atom. The van der Waals surface area contributed by atoms with Crippen LogP contribution >= 0.6 is 0 Å². The predicted octanol–water partition coefficient (Wildman–Crippen LogP) is 3.72. The Hall–Kier alpha value is -2.47. The molecule has 1 atom stereocenters. The number of anilines is 1. The highest BCUT2D eigenvalue weighted by Gasteiger charge is 2.26. The fourth-order valence-corrected chi connectivity index (χ4v) is 2.41. The minimum absolute atomic E-state index is 0.0349. The van der Waals surface area contributed by atoms with E-state index < -0.39 is 17.2 Å². The molecule has 0 aromatic heterocycles. The van der Waals surface area contributed by atoms with Crippen LogP contribution < -0.4 is 11.1 Å². The molecule has 0 fully saturated rings. The Balaban J connectivity index is 2.10. The van der Waals surface area contributed by atoms with Crippen molar-refractivity contribution in [1.29, 1.82) is 0 Å². The maximum Gasteiger partial charge on any atom is 0.193 e. The lowest BCUT2D eigenvalue weighted by Crippen LogP contribution is -2.30. The lowest BCUT2D eigenvalue weighted by molar-refractivity contribution is 0.0634. The summed E-state index contributed by atoms with van der Waals surface area (Å²) in [5, 5.41) is 13.4. The molecule has 4 N–H and O–H groups in total. The number of guanidine groups is 1. The SMILES string of the molecule is CC(C)c1cccc(NC(N)=NCC(C)(O)c2ccc(F)cc2F)c1. The molecule has 0 saturated carbocycles. The molecule has 1 unspecified atom stereocenters. The van der Waals surface area contributed by atoms with Crippen LogP contribution in [0.5, 0.6) is 0 Å². The first-order valence-corrected chi connectivity index (χ1v) is 8.04. The molecule has 6 heteroatoms. The molecule has 134 valence electrons. The fraction of sp³-hybridized carbons (Fsp3) is 0.316. The maximum absolute atomic E-state index is 13.8. The predicted molar refractivity (Wildman–Crippen MR) is 96.6 cm³/mol. The molecule has 0 aliphatic heterocycles. The highest BCUT2D eigenvalue weighted by atomic mass is 19.1. The summed E-state index contributed by atoms with van der Waals surface area (Å²) in [6.07, 6.45) is 0. The third kappa shape index (κ3) is 5.00. The Kier molecular flexibility index (Phi) is 5.74. The number of rotatable bonds is 5. The van der Waals surface area contributed by atoms with Gasteiger partial charge in [-0.05, 0) is 36.6 Å². The smallest absolute Gasteiger partial charge is 0.193 e. The van der Waals surface area contributed by atoms with Gasteiger partial charge in [-0.2, -0.15) is 0 Å². The number of aliphatic imine (C=N–C) groups is 1. The molecule has 2 aromatic rings. The number of halogens is 2. The van der Waals surface area contributed by atoms with Gasteiger partial charge in [0.2, 0.25) is 0 Å². The molecule has 0 heterocycles. The van der Waals surface area contributed by atoms with Crippen molar-refractivity contribution in [3.8, 4) is 0 Å². The fourth-order valence-electron chi connectivity index (χ4n) is 2.41. The number of benzene rings is 2. The van der Waals surface area contributed by atoms with E-state index in [-0.39, 0.29) is 18.1 Å². The molecule has 2 rings (SSSR count). The van der Waals surface area contributed by atoms with Gasteiger partial charge in [0.05, 0.1) is 6.54 Å². The van der Waals surface area contributed by atoms with Gasteiger partial charge in [0, 0.05) is 17.3 Å². The summed E-state index contributed by atoms with van der Waals surface area (Å²) < 4.78 is 26.8. The molecule has 0 spiro atoms. The lowest BCUT2D eigenvalue weighted by Gasteiger charge is -2.22. The first-order chi connectivity index (χ1) is 11.7. The van der Waals surface area contributed by atoms with Crippen LogP contribution in [-0.4, -0.2) is 17.6 Å². The van der Waals surface area contributed by atoms with E-state index in [9.17, 15) is 13.9 Å². The van der Waals surface area contributed by atoms with Gasteiger partial charge in [-0.25, -0.2) is 13.8 Å². The van der Waals surface area contributed by atoms with E-state index in [4.69, 9.17) is 5.73 Å². The molecule has 0 radical (unpaired) electrons. The van der Waals surface area contributed by atoms with Gasteiger partial charge in [0.15, 0.2) is 5.96 Å². The molecule has 4 nitrogen and oxygen atoms in total. The van der Waals surface area contributed by atoms with Gasteiger partial charge in [0.25, 0.3) is 0 Å². The highest BCUT2D eigenvalue weighted by molar-refractivity contribution is 5.92. The van der Waals surface area contributed by atoms with Crippen LogP contribution in [0.25, 0.3) is 0 Å². The van der Waals surface area contributed by atoms with Crippen molar-refractivity contribution in [3.63, 3.8) is 0 Å². The molecule has 25 heavy (non-hydrogen) atoms. The summed E-state index contributed by atoms with van der Waals surface area (Å²) in [7, 11) is 0. The molecule has 0 saturated heterocycles. The Morgan fingerprint density at radius 1 is 1.24 bits per heavy atom. The summed E-state index contributed by atoms with van der Waals surface area (Å²) in [6.45, 7) is 5.41. The number of hydrogen-bond acceptors (Lipinski definition) is 2. The zero-order chi connectivity index (χ0) is 18.6. The average molecular weight is 347 g/mol. The Bertz CT molecular complexity index is 773. The van der Waals surface area contributed by atoms with E-state index in [0.29, 0.717) is 5.92 Å². The van der Waals surface area contributed by atoms with Crippen LogP contribution in [0.1, 0.15) is 37.8 Å². The molecule has 0 aliphatic rings. The van der Waals surface area contributed by atoms with Crippen LogP contribution in [-0.2, 0) is 5.60 Å². The van der Waals surface area contributed by atoms with Crippen LogP contribution in [0.2, 0.25) is 0 Å². The third-order valence-corrected chi connectivity index (χ3v) is 3.89. The van der Waals surface area contributed by atoms with Crippen LogP contribution in [0.15, 0.2) is 47.5 Å². The first kappa shape index (κ1) is 18.9. The minimum Gasteiger partial charge on any atom is -0.383 e. The number of nitrogens with one attached hydrogen (secondary N) is 1. The van der Waals surface area contributed by atoms with Gasteiger partial charge in [0.1, 0.15) is 17.2 Å². The monoisotopic (exact) mass is 347 g/mol. The summed E-state index contributed by atoms with van der Waals surface area (Å²) in [6, 6.07) is 10.8. The van der Waals surface area contributed by atoms with Crippen LogP contribution in [0.4, 0.5) is 14.5 Å². The number of nitrogens with two attached hydrogens (primary N) is 1. The van der Waals surface area contributed by atoms with Gasteiger partial charge in [-0.1, -0.05) is 32.0 Å². The number of hydrogen-bond donors (Lipinski definition) is 3. The largest absolute Gasteiger partial charge is 0.383 e. The van der Waals surface area contributed by atoms with E-state index in [0.717, 1.165) is 23.4 Å². The van der Waals surface area contributed by atoms with Gasteiger partial charge in [-0.3, -0.25) is 0 Å². The maximum atomic E-state index is 13.8. The van der Waals surface area contributed by atoms with Crippen molar-refractivity contribution in [2.75, 3.05) is 11.9 Å². The Labute approximate surface area is 146 Å². The molecule has 0 amide bonds. The third-order valence-electron chi connectivity index (χ3n) is 3.89. The Morgan fingerprint density at radius 2 is 1.96 bits per heavy atom. The van der Waals surface area contributed by atoms with E-state index in [1.807, 2.05) is 24.3 Å². The summed E-state index contributed by atoms with van der Waals surface area (Å²) in [5.74, 6) is -1.05. The van der Waals surface area contributed by atoms with Crippen molar-refractivity contribution in [1.82, 2.24) is 0 Å². The molecule has 0 bridgehead atoms. The molecular weight excluding hydrogens is 324 g/mol. The van der Waals surface area contributed by atoms with E-state index in [1.165, 1.54) is 13.0 Å². The summed E-state index contributed by atoms with van der Waals surface area (Å²) in [4.78, 5) is 4.08.